The molecule has 1 amide bonds. The standard InChI is InChI=1S/C15H16N6O3S/c16-10-14-17-12-20(18-14)11-15(22)19-6-8-21(9-7-19)25(23,24)13-4-2-1-3-5-13/h1-5,12H,6-9,11H2. The molecular weight excluding hydrogens is 344 g/mol. The van der Waals surface area contributed by atoms with Gasteiger partial charge in [-0.25, -0.2) is 18.1 Å². The fourth-order valence-electron chi connectivity index (χ4n) is 2.58. The van der Waals surface area contributed by atoms with Gasteiger partial charge in [-0.3, -0.25) is 4.79 Å². The highest BCUT2D eigenvalue weighted by Crippen LogP contribution is 2.17. The van der Waals surface area contributed by atoms with Crippen LogP contribution in [0.1, 0.15) is 5.82 Å². The first-order valence-corrected chi connectivity index (χ1v) is 9.07. The normalized spacial score (nSPS) is 15.7. The third-order valence-electron chi connectivity index (χ3n) is 3.91. The third kappa shape index (κ3) is 3.67. The average Bonchev–Trinajstić information content (AvgIpc) is 3.10. The Kier molecular flexibility index (Phi) is 4.78. The number of aromatic nitrogens is 3. The second kappa shape index (κ2) is 7.00. The second-order valence-electron chi connectivity index (χ2n) is 5.48. The maximum absolute atomic E-state index is 12.6. The molecule has 10 heteroatoms. The van der Waals surface area contributed by atoms with Crippen molar-refractivity contribution < 1.29 is 13.2 Å². The minimum atomic E-state index is -3.54. The average molecular weight is 360 g/mol. The van der Waals surface area contributed by atoms with Crippen LogP contribution >= 0.6 is 0 Å². The van der Waals surface area contributed by atoms with Crippen LogP contribution in [0.2, 0.25) is 0 Å². The van der Waals surface area contributed by atoms with Crippen LogP contribution in [0.4, 0.5) is 0 Å². The molecule has 0 saturated carbocycles. The summed E-state index contributed by atoms with van der Waals surface area (Å²) >= 11 is 0. The Hall–Kier alpha value is -2.77. The number of carbonyl (C=O) groups excluding carboxylic acids is 1. The van der Waals surface area contributed by atoms with E-state index in [0.29, 0.717) is 13.1 Å². The van der Waals surface area contributed by atoms with E-state index in [-0.39, 0.29) is 36.3 Å². The summed E-state index contributed by atoms with van der Waals surface area (Å²) in [7, 11) is -3.54. The number of nitrogens with zero attached hydrogens (tertiary/aromatic N) is 6. The smallest absolute Gasteiger partial charge is 0.252 e. The number of carbonyl (C=O) groups is 1. The molecule has 1 fully saturated rings. The van der Waals surface area contributed by atoms with Gasteiger partial charge < -0.3 is 4.90 Å². The van der Waals surface area contributed by atoms with Gasteiger partial charge in [-0.05, 0) is 12.1 Å². The second-order valence-corrected chi connectivity index (χ2v) is 7.41. The van der Waals surface area contributed by atoms with Crippen LogP contribution in [0.15, 0.2) is 41.6 Å². The van der Waals surface area contributed by atoms with Crippen molar-refractivity contribution in [1.29, 1.82) is 5.26 Å². The molecular formula is C15H16N6O3S. The molecule has 1 aromatic heterocycles. The first-order valence-electron chi connectivity index (χ1n) is 7.63. The summed E-state index contributed by atoms with van der Waals surface area (Å²) in [5.74, 6) is -0.183. The fraction of sp³-hybridized carbons (Fsp3) is 0.333. The Balaban J connectivity index is 1.60. The molecule has 0 bridgehead atoms. The van der Waals surface area contributed by atoms with Crippen molar-refractivity contribution in [2.24, 2.45) is 0 Å². The van der Waals surface area contributed by atoms with Gasteiger partial charge in [0.1, 0.15) is 18.9 Å². The van der Waals surface area contributed by atoms with Crippen molar-refractivity contribution in [2.75, 3.05) is 26.2 Å². The van der Waals surface area contributed by atoms with E-state index in [2.05, 4.69) is 10.1 Å². The summed E-state index contributed by atoms with van der Waals surface area (Å²) < 4.78 is 27.8. The molecule has 3 rings (SSSR count). The topological polar surface area (TPSA) is 112 Å². The summed E-state index contributed by atoms with van der Waals surface area (Å²) in [5.41, 5.74) is 0. The van der Waals surface area contributed by atoms with Gasteiger partial charge in [0.05, 0.1) is 4.90 Å². The molecule has 0 aliphatic carbocycles. The molecule has 0 unspecified atom stereocenters. The maximum Gasteiger partial charge on any atom is 0.252 e. The lowest BCUT2D eigenvalue weighted by Crippen LogP contribution is -2.51. The van der Waals surface area contributed by atoms with Crippen LogP contribution in [0, 0.1) is 11.3 Å². The van der Waals surface area contributed by atoms with Crippen LogP contribution in [0.25, 0.3) is 0 Å². The zero-order valence-corrected chi connectivity index (χ0v) is 14.1. The largest absolute Gasteiger partial charge is 0.338 e. The van der Waals surface area contributed by atoms with Crippen LogP contribution in [0.5, 0.6) is 0 Å². The quantitative estimate of drug-likeness (QED) is 0.739. The number of amides is 1. The highest BCUT2D eigenvalue weighted by atomic mass is 32.2. The van der Waals surface area contributed by atoms with Crippen LogP contribution < -0.4 is 0 Å². The van der Waals surface area contributed by atoms with E-state index < -0.39 is 10.0 Å². The lowest BCUT2D eigenvalue weighted by Gasteiger charge is -2.34. The van der Waals surface area contributed by atoms with Crippen molar-refractivity contribution in [2.45, 2.75) is 11.4 Å². The van der Waals surface area contributed by atoms with Gasteiger partial charge in [-0.2, -0.15) is 9.57 Å². The van der Waals surface area contributed by atoms with Gasteiger partial charge in [-0.15, -0.1) is 5.10 Å². The molecule has 2 heterocycles. The van der Waals surface area contributed by atoms with Gasteiger partial charge >= 0.3 is 0 Å². The Morgan fingerprint density at radius 1 is 1.16 bits per heavy atom. The molecule has 0 N–H and O–H groups in total. The highest BCUT2D eigenvalue weighted by Gasteiger charge is 2.30. The maximum atomic E-state index is 12.6. The minimum absolute atomic E-state index is 0.00609. The molecule has 25 heavy (non-hydrogen) atoms. The van der Waals surface area contributed by atoms with E-state index in [0.717, 1.165) is 0 Å². The number of sulfonamides is 1. The Morgan fingerprint density at radius 2 is 1.84 bits per heavy atom. The summed E-state index contributed by atoms with van der Waals surface area (Å²) in [6.07, 6.45) is 1.33. The molecule has 0 radical (unpaired) electrons. The molecule has 2 aromatic rings. The number of piperazine rings is 1. The number of benzene rings is 1. The zero-order chi connectivity index (χ0) is 17.9. The van der Waals surface area contributed by atoms with Gasteiger partial charge in [0.15, 0.2) is 0 Å². The highest BCUT2D eigenvalue weighted by molar-refractivity contribution is 7.89. The van der Waals surface area contributed by atoms with E-state index in [1.165, 1.54) is 15.3 Å². The molecule has 130 valence electrons. The molecule has 9 nitrogen and oxygen atoms in total. The Bertz CT molecular complexity index is 895. The van der Waals surface area contributed by atoms with Crippen LogP contribution in [0.3, 0.4) is 0 Å². The monoisotopic (exact) mass is 360 g/mol. The third-order valence-corrected chi connectivity index (χ3v) is 5.82. The fourth-order valence-corrected chi connectivity index (χ4v) is 4.02. The zero-order valence-electron chi connectivity index (χ0n) is 13.3. The van der Waals surface area contributed by atoms with Gasteiger partial charge in [0.2, 0.25) is 15.9 Å². The summed E-state index contributed by atoms with van der Waals surface area (Å²) in [5, 5.41) is 12.5. The SMILES string of the molecule is N#Cc1ncn(CC(=O)N2CCN(S(=O)(=O)c3ccccc3)CC2)n1. The van der Waals surface area contributed by atoms with Crippen molar-refractivity contribution in [3.8, 4) is 6.07 Å². The summed E-state index contributed by atoms with van der Waals surface area (Å²) in [6, 6.07) is 10.0. The Morgan fingerprint density at radius 3 is 2.44 bits per heavy atom. The lowest BCUT2D eigenvalue weighted by atomic mass is 10.3. The van der Waals surface area contributed by atoms with E-state index in [4.69, 9.17) is 5.26 Å². The van der Waals surface area contributed by atoms with E-state index in [9.17, 15) is 13.2 Å². The number of hydrogen-bond acceptors (Lipinski definition) is 6. The number of hydrogen-bond donors (Lipinski definition) is 0. The first kappa shape index (κ1) is 17.1. The van der Waals surface area contributed by atoms with Crippen molar-refractivity contribution in [1.82, 2.24) is 24.0 Å². The minimum Gasteiger partial charge on any atom is -0.338 e. The van der Waals surface area contributed by atoms with Crippen LogP contribution in [-0.4, -0.2) is 64.5 Å². The molecule has 1 aromatic carbocycles. The van der Waals surface area contributed by atoms with E-state index in [1.54, 1.807) is 41.3 Å². The summed E-state index contributed by atoms with van der Waals surface area (Å²) in [6.45, 7) is 1.07. The van der Waals surface area contributed by atoms with Crippen LogP contribution in [-0.2, 0) is 21.4 Å². The van der Waals surface area contributed by atoms with E-state index >= 15 is 0 Å². The molecule has 1 aliphatic heterocycles. The molecule has 0 atom stereocenters. The number of rotatable bonds is 4. The lowest BCUT2D eigenvalue weighted by molar-refractivity contribution is -0.133. The van der Waals surface area contributed by atoms with Crippen molar-refractivity contribution in [3.05, 3.63) is 42.5 Å². The van der Waals surface area contributed by atoms with Gasteiger partial charge in [-0.1, -0.05) is 18.2 Å². The first-order chi connectivity index (χ1) is 12.0. The molecule has 1 aliphatic rings. The number of nitriles is 1. The van der Waals surface area contributed by atoms with Gasteiger partial charge in [0, 0.05) is 26.2 Å². The predicted molar refractivity (Wildman–Crippen MR) is 86.5 cm³/mol. The predicted octanol–water partition coefficient (Wildman–Crippen LogP) is -0.317. The van der Waals surface area contributed by atoms with Crippen molar-refractivity contribution in [3.63, 3.8) is 0 Å². The summed E-state index contributed by atoms with van der Waals surface area (Å²) in [4.78, 5) is 17.9. The molecule has 1 saturated heterocycles. The Labute approximate surface area is 145 Å². The van der Waals surface area contributed by atoms with Crippen molar-refractivity contribution >= 4 is 15.9 Å². The molecule has 0 spiro atoms. The van der Waals surface area contributed by atoms with Gasteiger partial charge in [0.25, 0.3) is 5.82 Å². The van der Waals surface area contributed by atoms with E-state index in [1.807, 2.05) is 0 Å².